The van der Waals surface area contributed by atoms with Gasteiger partial charge in [-0.15, -0.1) is 0 Å². The molecule has 0 saturated heterocycles. The topological polar surface area (TPSA) is 29.9 Å². The van der Waals surface area contributed by atoms with Gasteiger partial charge in [-0.2, -0.15) is 5.10 Å². The average Bonchev–Trinajstić information content (AvgIpc) is 3.18. The molecule has 1 N–H and O–H groups in total. The fourth-order valence-corrected chi connectivity index (χ4v) is 2.77. The van der Waals surface area contributed by atoms with Gasteiger partial charge in [-0.3, -0.25) is 4.68 Å². The van der Waals surface area contributed by atoms with Crippen LogP contribution in [-0.2, 0) is 13.5 Å². The zero-order valence-corrected chi connectivity index (χ0v) is 13.3. The first kappa shape index (κ1) is 13.8. The van der Waals surface area contributed by atoms with E-state index in [1.165, 1.54) is 24.0 Å². The molecule has 0 amide bonds. The Morgan fingerprint density at radius 1 is 1.35 bits per heavy atom. The van der Waals surface area contributed by atoms with Crippen LogP contribution in [0.3, 0.4) is 0 Å². The lowest BCUT2D eigenvalue weighted by molar-refractivity contribution is 0.577. The van der Waals surface area contributed by atoms with Gasteiger partial charge in [0.05, 0.1) is 6.20 Å². The summed E-state index contributed by atoms with van der Waals surface area (Å²) in [4.78, 5) is 0. The lowest BCUT2D eigenvalue weighted by Crippen LogP contribution is -2.24. The summed E-state index contributed by atoms with van der Waals surface area (Å²) in [6.07, 6.45) is 7.79. The van der Waals surface area contributed by atoms with Crippen LogP contribution < -0.4 is 5.32 Å². The number of benzene rings is 1. The van der Waals surface area contributed by atoms with Gasteiger partial charge in [-0.25, -0.2) is 0 Å². The Bertz CT molecular complexity index is 557. The number of rotatable bonds is 6. The Balaban J connectivity index is 1.73. The van der Waals surface area contributed by atoms with Gasteiger partial charge in [-0.05, 0) is 42.5 Å². The number of hydrogen-bond donors (Lipinski definition) is 1. The van der Waals surface area contributed by atoms with E-state index in [1.54, 1.807) is 0 Å². The van der Waals surface area contributed by atoms with Crippen LogP contribution >= 0.6 is 15.9 Å². The third-order valence-electron chi connectivity index (χ3n) is 3.81. The second-order valence-electron chi connectivity index (χ2n) is 5.66. The lowest BCUT2D eigenvalue weighted by Gasteiger charge is -2.17. The Kier molecular flexibility index (Phi) is 4.22. The van der Waals surface area contributed by atoms with Crippen molar-refractivity contribution >= 4 is 15.9 Å². The molecule has 1 fully saturated rings. The second kappa shape index (κ2) is 6.10. The number of aryl methyl sites for hydroxylation is 1. The molecule has 0 spiro atoms. The molecule has 1 atom stereocenters. The largest absolute Gasteiger partial charge is 0.313 e. The van der Waals surface area contributed by atoms with Crippen molar-refractivity contribution in [3.63, 3.8) is 0 Å². The first-order valence-electron chi connectivity index (χ1n) is 7.17. The van der Waals surface area contributed by atoms with E-state index >= 15 is 0 Å². The number of hydrogen-bond acceptors (Lipinski definition) is 2. The van der Waals surface area contributed by atoms with Crippen molar-refractivity contribution in [1.29, 1.82) is 0 Å². The van der Waals surface area contributed by atoms with E-state index in [0.717, 1.165) is 23.5 Å². The van der Waals surface area contributed by atoms with Crippen molar-refractivity contribution in [2.75, 3.05) is 6.54 Å². The van der Waals surface area contributed by atoms with E-state index in [4.69, 9.17) is 0 Å². The Labute approximate surface area is 128 Å². The third-order valence-corrected chi connectivity index (χ3v) is 4.34. The molecule has 1 aromatic heterocycles. The molecule has 3 rings (SSSR count). The lowest BCUT2D eigenvalue weighted by atomic mass is 9.93. The zero-order valence-electron chi connectivity index (χ0n) is 11.7. The van der Waals surface area contributed by atoms with Gasteiger partial charge in [0.2, 0.25) is 0 Å². The minimum atomic E-state index is 0.507. The summed E-state index contributed by atoms with van der Waals surface area (Å²) in [7, 11) is 1.97. The molecular formula is C16H20BrN3. The molecule has 3 nitrogen and oxygen atoms in total. The predicted molar refractivity (Wildman–Crippen MR) is 84.8 cm³/mol. The van der Waals surface area contributed by atoms with Crippen LogP contribution in [0.1, 0.15) is 29.9 Å². The summed E-state index contributed by atoms with van der Waals surface area (Å²) >= 11 is 3.51. The van der Waals surface area contributed by atoms with E-state index in [1.807, 2.05) is 17.9 Å². The van der Waals surface area contributed by atoms with Gasteiger partial charge in [0.25, 0.3) is 0 Å². The first-order valence-corrected chi connectivity index (χ1v) is 7.96. The standard InChI is InChI=1S/C16H20BrN3/c1-20-11-12(9-19-20)8-14(10-18-16-6-7-16)13-2-4-15(17)5-3-13/h2-5,9,11,14,16,18H,6-8,10H2,1H3. The SMILES string of the molecule is Cn1cc(CC(CNC2CC2)c2ccc(Br)cc2)cn1. The molecule has 1 aromatic carbocycles. The van der Waals surface area contributed by atoms with Crippen molar-refractivity contribution in [3.8, 4) is 0 Å². The van der Waals surface area contributed by atoms with E-state index in [-0.39, 0.29) is 0 Å². The van der Waals surface area contributed by atoms with Crippen molar-refractivity contribution < 1.29 is 0 Å². The van der Waals surface area contributed by atoms with Crippen LogP contribution in [0.2, 0.25) is 0 Å². The molecule has 4 heteroatoms. The highest BCUT2D eigenvalue weighted by molar-refractivity contribution is 9.10. The molecule has 0 aliphatic heterocycles. The molecule has 0 bridgehead atoms. The van der Waals surface area contributed by atoms with Crippen LogP contribution in [0, 0.1) is 0 Å². The van der Waals surface area contributed by atoms with Gasteiger partial charge in [-0.1, -0.05) is 28.1 Å². The van der Waals surface area contributed by atoms with Gasteiger partial charge < -0.3 is 5.32 Å². The van der Waals surface area contributed by atoms with Crippen molar-refractivity contribution in [2.45, 2.75) is 31.2 Å². The van der Waals surface area contributed by atoms with Gasteiger partial charge in [0, 0.05) is 36.2 Å². The molecule has 1 unspecified atom stereocenters. The smallest absolute Gasteiger partial charge is 0.0521 e. The van der Waals surface area contributed by atoms with Gasteiger partial charge >= 0.3 is 0 Å². The summed E-state index contributed by atoms with van der Waals surface area (Å²) < 4.78 is 3.01. The second-order valence-corrected chi connectivity index (χ2v) is 6.57. The van der Waals surface area contributed by atoms with E-state index in [9.17, 15) is 0 Å². The summed E-state index contributed by atoms with van der Waals surface area (Å²) in [5.74, 6) is 0.507. The summed E-state index contributed by atoms with van der Waals surface area (Å²) in [6, 6.07) is 9.45. The van der Waals surface area contributed by atoms with E-state index in [2.05, 4.69) is 56.8 Å². The van der Waals surface area contributed by atoms with E-state index < -0.39 is 0 Å². The quantitative estimate of drug-likeness (QED) is 0.879. The maximum Gasteiger partial charge on any atom is 0.0521 e. The van der Waals surface area contributed by atoms with Crippen LogP contribution in [-0.4, -0.2) is 22.4 Å². The molecule has 106 valence electrons. The Morgan fingerprint density at radius 2 is 2.10 bits per heavy atom. The normalized spacial score (nSPS) is 16.3. The molecular weight excluding hydrogens is 314 g/mol. The van der Waals surface area contributed by atoms with Crippen LogP contribution in [0.5, 0.6) is 0 Å². The molecule has 1 saturated carbocycles. The molecule has 1 heterocycles. The number of aromatic nitrogens is 2. The molecule has 2 aromatic rings. The Hall–Kier alpha value is -1.13. The molecule has 0 radical (unpaired) electrons. The van der Waals surface area contributed by atoms with Crippen molar-refractivity contribution in [2.24, 2.45) is 7.05 Å². The van der Waals surface area contributed by atoms with Crippen LogP contribution in [0.4, 0.5) is 0 Å². The summed E-state index contributed by atoms with van der Waals surface area (Å²) in [5, 5.41) is 7.93. The highest BCUT2D eigenvalue weighted by Gasteiger charge is 2.22. The van der Waals surface area contributed by atoms with Crippen molar-refractivity contribution in [1.82, 2.24) is 15.1 Å². The maximum absolute atomic E-state index is 4.27. The molecule has 1 aliphatic carbocycles. The highest BCUT2D eigenvalue weighted by Crippen LogP contribution is 2.25. The van der Waals surface area contributed by atoms with Gasteiger partial charge in [0.1, 0.15) is 0 Å². The number of halogens is 1. The highest BCUT2D eigenvalue weighted by atomic mass is 79.9. The third kappa shape index (κ3) is 3.70. The fraction of sp³-hybridized carbons (Fsp3) is 0.438. The van der Waals surface area contributed by atoms with Crippen LogP contribution in [0.25, 0.3) is 0 Å². The minimum Gasteiger partial charge on any atom is -0.313 e. The van der Waals surface area contributed by atoms with E-state index in [0.29, 0.717) is 5.92 Å². The minimum absolute atomic E-state index is 0.507. The molecule has 1 aliphatic rings. The van der Waals surface area contributed by atoms with Gasteiger partial charge in [0.15, 0.2) is 0 Å². The first-order chi connectivity index (χ1) is 9.70. The zero-order chi connectivity index (χ0) is 13.9. The average molecular weight is 334 g/mol. The number of nitrogens with one attached hydrogen (secondary N) is 1. The van der Waals surface area contributed by atoms with Crippen molar-refractivity contribution in [3.05, 3.63) is 52.3 Å². The fourth-order valence-electron chi connectivity index (χ4n) is 2.50. The Morgan fingerprint density at radius 3 is 2.70 bits per heavy atom. The summed E-state index contributed by atoms with van der Waals surface area (Å²) in [6.45, 7) is 1.04. The summed E-state index contributed by atoms with van der Waals surface area (Å²) in [5.41, 5.74) is 2.70. The molecule has 20 heavy (non-hydrogen) atoms. The predicted octanol–water partition coefficient (Wildman–Crippen LogP) is 3.26. The number of nitrogens with zero attached hydrogens (tertiary/aromatic N) is 2. The maximum atomic E-state index is 4.27. The van der Waals surface area contributed by atoms with Crippen LogP contribution in [0.15, 0.2) is 41.1 Å². The monoisotopic (exact) mass is 333 g/mol.